The van der Waals surface area contributed by atoms with Crippen molar-refractivity contribution in [2.24, 2.45) is 0 Å². The number of anilines is 1. The molecule has 3 rings (SSSR count). The summed E-state index contributed by atoms with van der Waals surface area (Å²) in [5.74, 6) is 0.269. The molecule has 0 spiro atoms. The van der Waals surface area contributed by atoms with Gasteiger partial charge in [0.05, 0.1) is 28.4 Å². The monoisotopic (exact) mass is 400 g/mol. The summed E-state index contributed by atoms with van der Waals surface area (Å²) < 4.78 is 7.36. The van der Waals surface area contributed by atoms with Gasteiger partial charge in [0.1, 0.15) is 11.5 Å². The van der Waals surface area contributed by atoms with Crippen molar-refractivity contribution in [2.45, 2.75) is 20.4 Å². The second-order valence-corrected chi connectivity index (χ2v) is 6.38. The Hall–Kier alpha value is -3.39. The van der Waals surface area contributed by atoms with Gasteiger partial charge in [-0.2, -0.15) is 5.10 Å². The Labute approximate surface area is 165 Å². The van der Waals surface area contributed by atoms with Crippen LogP contribution in [0.1, 0.15) is 23.0 Å². The molecule has 1 aromatic heterocycles. The number of halogens is 1. The topological polar surface area (TPSA) is 99.3 Å². The van der Waals surface area contributed by atoms with E-state index in [0.717, 1.165) is 0 Å². The number of benzene rings is 2. The highest BCUT2D eigenvalue weighted by Crippen LogP contribution is 2.30. The number of nitro groups is 1. The van der Waals surface area contributed by atoms with Crippen molar-refractivity contribution >= 4 is 28.9 Å². The summed E-state index contributed by atoms with van der Waals surface area (Å²) in [6.45, 7) is 4.34. The van der Waals surface area contributed by atoms with Crippen molar-refractivity contribution in [3.8, 4) is 11.5 Å². The second kappa shape index (κ2) is 8.10. The summed E-state index contributed by atoms with van der Waals surface area (Å²) in [4.78, 5) is 23.3. The SMILES string of the molecule is CCn1ncc(C(=O)Nc2cc(Oc3ccc(Cl)cc3)cc([N+](=O)[O-])c2)c1C. The largest absolute Gasteiger partial charge is 0.457 e. The number of ether oxygens (including phenoxy) is 1. The highest BCUT2D eigenvalue weighted by molar-refractivity contribution is 6.30. The molecule has 9 heteroatoms. The Bertz CT molecular complexity index is 1030. The molecule has 0 radical (unpaired) electrons. The van der Waals surface area contributed by atoms with E-state index in [9.17, 15) is 14.9 Å². The molecule has 0 atom stereocenters. The smallest absolute Gasteiger partial charge is 0.275 e. The van der Waals surface area contributed by atoms with Crippen LogP contribution in [0.2, 0.25) is 5.02 Å². The lowest BCUT2D eigenvalue weighted by Crippen LogP contribution is -2.13. The standard InChI is InChI=1S/C19H17ClN4O4/c1-3-23-12(2)18(11-21-23)19(25)22-14-8-15(24(26)27)10-17(9-14)28-16-6-4-13(20)5-7-16/h4-11H,3H2,1-2H3,(H,22,25). The molecule has 0 saturated carbocycles. The molecule has 2 aromatic carbocycles. The maximum absolute atomic E-state index is 12.6. The molecular formula is C19H17ClN4O4. The molecule has 0 aliphatic heterocycles. The summed E-state index contributed by atoms with van der Waals surface area (Å²) in [7, 11) is 0. The third-order valence-electron chi connectivity index (χ3n) is 4.06. The Morgan fingerprint density at radius 2 is 1.96 bits per heavy atom. The van der Waals surface area contributed by atoms with Gasteiger partial charge in [-0.25, -0.2) is 0 Å². The van der Waals surface area contributed by atoms with Crippen LogP contribution in [0.5, 0.6) is 11.5 Å². The van der Waals surface area contributed by atoms with E-state index >= 15 is 0 Å². The zero-order valence-electron chi connectivity index (χ0n) is 15.2. The van der Waals surface area contributed by atoms with Gasteiger partial charge in [0.15, 0.2) is 0 Å². The molecule has 0 aliphatic carbocycles. The maximum atomic E-state index is 12.6. The van der Waals surface area contributed by atoms with E-state index in [2.05, 4.69) is 10.4 Å². The van der Waals surface area contributed by atoms with Crippen LogP contribution in [0.15, 0.2) is 48.7 Å². The molecule has 0 saturated heterocycles. The first-order valence-electron chi connectivity index (χ1n) is 8.44. The first-order chi connectivity index (χ1) is 13.4. The van der Waals surface area contributed by atoms with Crippen molar-refractivity contribution in [2.75, 3.05) is 5.32 Å². The number of hydrogen-bond acceptors (Lipinski definition) is 5. The lowest BCUT2D eigenvalue weighted by Gasteiger charge is -2.10. The number of rotatable bonds is 6. The van der Waals surface area contributed by atoms with Crippen LogP contribution in [-0.4, -0.2) is 20.6 Å². The minimum atomic E-state index is -0.551. The number of nitrogens with one attached hydrogen (secondary N) is 1. The summed E-state index contributed by atoms with van der Waals surface area (Å²) in [5, 5.41) is 18.6. The van der Waals surface area contributed by atoms with E-state index < -0.39 is 10.8 Å². The van der Waals surface area contributed by atoms with Crippen molar-refractivity contribution in [1.82, 2.24) is 9.78 Å². The molecule has 28 heavy (non-hydrogen) atoms. The lowest BCUT2D eigenvalue weighted by molar-refractivity contribution is -0.384. The molecule has 1 N–H and O–H groups in total. The minimum Gasteiger partial charge on any atom is -0.457 e. The quantitative estimate of drug-likeness (QED) is 0.472. The normalized spacial score (nSPS) is 10.5. The van der Waals surface area contributed by atoms with Gasteiger partial charge in [-0.05, 0) is 38.1 Å². The van der Waals surface area contributed by atoms with Gasteiger partial charge < -0.3 is 10.1 Å². The van der Waals surface area contributed by atoms with Crippen LogP contribution in [0.3, 0.4) is 0 Å². The second-order valence-electron chi connectivity index (χ2n) is 5.94. The van der Waals surface area contributed by atoms with E-state index in [1.54, 1.807) is 35.9 Å². The molecule has 8 nitrogen and oxygen atoms in total. The number of amides is 1. The van der Waals surface area contributed by atoms with Crippen LogP contribution in [0, 0.1) is 17.0 Å². The van der Waals surface area contributed by atoms with E-state index in [1.807, 2.05) is 6.92 Å². The maximum Gasteiger partial charge on any atom is 0.275 e. The molecule has 3 aromatic rings. The van der Waals surface area contributed by atoms with E-state index in [0.29, 0.717) is 28.6 Å². The lowest BCUT2D eigenvalue weighted by atomic mass is 10.2. The number of nitro benzene ring substituents is 1. The fourth-order valence-electron chi connectivity index (χ4n) is 2.65. The number of aromatic nitrogens is 2. The van der Waals surface area contributed by atoms with E-state index in [4.69, 9.17) is 16.3 Å². The zero-order valence-corrected chi connectivity index (χ0v) is 15.9. The van der Waals surface area contributed by atoms with Crippen LogP contribution >= 0.6 is 11.6 Å². The van der Waals surface area contributed by atoms with Crippen molar-refractivity contribution < 1.29 is 14.5 Å². The Balaban J connectivity index is 1.88. The first-order valence-corrected chi connectivity index (χ1v) is 8.82. The average molecular weight is 401 g/mol. The summed E-state index contributed by atoms with van der Waals surface area (Å²) in [6.07, 6.45) is 1.47. The van der Waals surface area contributed by atoms with Gasteiger partial charge in [-0.3, -0.25) is 19.6 Å². The summed E-state index contributed by atoms with van der Waals surface area (Å²) in [6, 6.07) is 10.6. The van der Waals surface area contributed by atoms with Crippen LogP contribution in [-0.2, 0) is 6.54 Å². The highest BCUT2D eigenvalue weighted by Gasteiger charge is 2.17. The van der Waals surface area contributed by atoms with Crippen molar-refractivity contribution in [3.63, 3.8) is 0 Å². The Morgan fingerprint density at radius 1 is 1.25 bits per heavy atom. The van der Waals surface area contributed by atoms with Crippen LogP contribution in [0.25, 0.3) is 0 Å². The zero-order chi connectivity index (χ0) is 20.3. The molecule has 0 aliphatic rings. The van der Waals surface area contributed by atoms with Gasteiger partial charge in [0.2, 0.25) is 0 Å². The molecule has 0 unspecified atom stereocenters. The number of carbonyl (C=O) groups excluding carboxylic acids is 1. The summed E-state index contributed by atoms with van der Waals surface area (Å²) >= 11 is 5.85. The van der Waals surface area contributed by atoms with E-state index in [1.165, 1.54) is 24.4 Å². The number of hydrogen-bond donors (Lipinski definition) is 1. The summed E-state index contributed by atoms with van der Waals surface area (Å²) in [5.41, 5.74) is 1.14. The van der Waals surface area contributed by atoms with Crippen LogP contribution in [0.4, 0.5) is 11.4 Å². The third kappa shape index (κ3) is 4.29. The Morgan fingerprint density at radius 3 is 2.57 bits per heavy atom. The van der Waals surface area contributed by atoms with Crippen molar-refractivity contribution in [1.29, 1.82) is 0 Å². The predicted octanol–water partition coefficient (Wildman–Crippen LogP) is 4.82. The number of aryl methyl sites for hydroxylation is 1. The molecule has 0 bridgehead atoms. The van der Waals surface area contributed by atoms with Gasteiger partial charge in [-0.1, -0.05) is 11.6 Å². The average Bonchev–Trinajstić information content (AvgIpc) is 3.04. The minimum absolute atomic E-state index is 0.206. The predicted molar refractivity (Wildman–Crippen MR) is 105 cm³/mol. The molecule has 0 fully saturated rings. The number of nitrogens with zero attached hydrogens (tertiary/aromatic N) is 3. The number of non-ortho nitro benzene ring substituents is 1. The molecule has 1 amide bonds. The van der Waals surface area contributed by atoms with Gasteiger partial charge >= 0.3 is 0 Å². The Kier molecular flexibility index (Phi) is 5.60. The van der Waals surface area contributed by atoms with E-state index in [-0.39, 0.29) is 17.1 Å². The fourth-order valence-corrected chi connectivity index (χ4v) is 2.77. The number of carbonyl (C=O) groups is 1. The van der Waals surface area contributed by atoms with Gasteiger partial charge in [0.25, 0.3) is 11.6 Å². The van der Waals surface area contributed by atoms with Gasteiger partial charge in [-0.15, -0.1) is 0 Å². The molecule has 1 heterocycles. The molecule has 144 valence electrons. The first kappa shape index (κ1) is 19.4. The third-order valence-corrected chi connectivity index (χ3v) is 4.31. The van der Waals surface area contributed by atoms with Crippen LogP contribution < -0.4 is 10.1 Å². The van der Waals surface area contributed by atoms with Gasteiger partial charge in [0, 0.05) is 29.4 Å². The molecular weight excluding hydrogens is 384 g/mol. The highest BCUT2D eigenvalue weighted by atomic mass is 35.5. The fraction of sp³-hybridized carbons (Fsp3) is 0.158. The van der Waals surface area contributed by atoms with Crippen molar-refractivity contribution in [3.05, 3.63) is 75.1 Å².